The highest BCUT2D eigenvalue weighted by Crippen LogP contribution is 2.45. The van der Waals surface area contributed by atoms with Gasteiger partial charge in [0, 0.05) is 59.2 Å². The number of para-hydroxylation sites is 1. The summed E-state index contributed by atoms with van der Waals surface area (Å²) in [6, 6.07) is 48.2. The summed E-state index contributed by atoms with van der Waals surface area (Å²) in [6.45, 7) is 0. The van der Waals surface area contributed by atoms with Crippen LogP contribution < -0.4 is 0 Å². The molecule has 0 unspecified atom stereocenters. The summed E-state index contributed by atoms with van der Waals surface area (Å²) in [5.74, 6) is 1.97. The van der Waals surface area contributed by atoms with Gasteiger partial charge >= 0.3 is 0 Å². The first kappa shape index (κ1) is 25.7. The number of hydrogen-bond donors (Lipinski definition) is 0. The van der Waals surface area contributed by atoms with Gasteiger partial charge in [0.1, 0.15) is 0 Å². The molecule has 210 valence electrons. The number of rotatable bonds is 4. The molecule has 0 aliphatic heterocycles. The van der Waals surface area contributed by atoms with Crippen molar-refractivity contribution >= 4 is 53.2 Å². The third kappa shape index (κ3) is 4.36. The lowest BCUT2D eigenvalue weighted by molar-refractivity contribution is 1.07. The Bertz CT molecular complexity index is 2470. The number of nitrogens with zero attached hydrogens (tertiary/aromatic N) is 4. The van der Waals surface area contributed by atoms with Crippen molar-refractivity contribution in [1.29, 1.82) is 0 Å². The third-order valence-electron chi connectivity index (χ3n) is 8.35. The highest BCUT2D eigenvalue weighted by molar-refractivity contribution is 7.26. The topological polar surface area (TPSA) is 51.6 Å². The van der Waals surface area contributed by atoms with E-state index in [4.69, 9.17) is 19.9 Å². The van der Waals surface area contributed by atoms with Crippen molar-refractivity contribution in [2.75, 3.05) is 0 Å². The van der Waals surface area contributed by atoms with Gasteiger partial charge in [0.25, 0.3) is 0 Å². The normalized spacial score (nSPS) is 11.6. The molecule has 0 atom stereocenters. The van der Waals surface area contributed by atoms with Crippen LogP contribution in [-0.2, 0) is 0 Å². The number of aromatic nitrogens is 4. The second-order valence-corrected chi connectivity index (χ2v) is 12.1. The Morgan fingerprint density at radius 3 is 1.67 bits per heavy atom. The molecule has 0 aliphatic rings. The predicted molar refractivity (Wildman–Crippen MR) is 187 cm³/mol. The number of benzene rings is 6. The summed E-state index contributed by atoms with van der Waals surface area (Å²) in [5, 5.41) is 5.99. The van der Waals surface area contributed by atoms with Gasteiger partial charge in [-0.2, -0.15) is 0 Å². The van der Waals surface area contributed by atoms with E-state index in [2.05, 4.69) is 78.9 Å². The minimum absolute atomic E-state index is 0.655. The van der Waals surface area contributed by atoms with Crippen molar-refractivity contribution < 1.29 is 0 Å². The molecule has 0 N–H and O–H groups in total. The van der Waals surface area contributed by atoms with Gasteiger partial charge in [0.2, 0.25) is 0 Å². The second-order valence-electron chi connectivity index (χ2n) is 11.1. The van der Waals surface area contributed by atoms with Crippen LogP contribution in [0.25, 0.3) is 87.1 Å². The third-order valence-corrected chi connectivity index (χ3v) is 9.55. The molecular weight excluding hydrogens is 569 g/mol. The fourth-order valence-electron chi connectivity index (χ4n) is 6.19. The highest BCUT2D eigenvalue weighted by atomic mass is 32.1. The fraction of sp³-hybridized carbons (Fsp3) is 0. The van der Waals surface area contributed by atoms with Gasteiger partial charge in [-0.1, -0.05) is 109 Å². The standard InChI is InChI=1S/C40H24N4S/c1-4-12-25(13-5-1)30-23-32-31-22-28(20-21-35(31)45-37(32)36-29-18-10-11-19-34(29)41-24-33(30)36)40-43-38(26-14-6-2-7-15-26)42-39(44-40)27-16-8-3-9-17-27/h1-24H. The zero-order chi connectivity index (χ0) is 29.7. The lowest BCUT2D eigenvalue weighted by Gasteiger charge is -2.11. The highest BCUT2D eigenvalue weighted by Gasteiger charge is 2.18. The number of hydrogen-bond acceptors (Lipinski definition) is 5. The first-order valence-electron chi connectivity index (χ1n) is 14.9. The summed E-state index contributed by atoms with van der Waals surface area (Å²) in [4.78, 5) is 19.7. The predicted octanol–water partition coefficient (Wildman–Crippen LogP) is 10.6. The molecular formula is C40H24N4S. The van der Waals surface area contributed by atoms with Crippen molar-refractivity contribution in [2.45, 2.75) is 0 Å². The molecule has 4 nitrogen and oxygen atoms in total. The van der Waals surface area contributed by atoms with E-state index in [1.807, 2.05) is 78.2 Å². The molecule has 3 aromatic heterocycles. The van der Waals surface area contributed by atoms with Gasteiger partial charge in [-0.05, 0) is 41.5 Å². The Morgan fingerprint density at radius 1 is 0.422 bits per heavy atom. The Morgan fingerprint density at radius 2 is 1.00 bits per heavy atom. The van der Waals surface area contributed by atoms with Crippen molar-refractivity contribution in [3.8, 4) is 45.3 Å². The average molecular weight is 593 g/mol. The Labute approximate surface area is 263 Å². The van der Waals surface area contributed by atoms with Crippen LogP contribution in [0.5, 0.6) is 0 Å². The zero-order valence-electron chi connectivity index (χ0n) is 24.1. The Hall–Kier alpha value is -5.78. The SMILES string of the molecule is c1ccc(-c2nc(-c3ccccc3)nc(-c3ccc4sc5c(cc(-c6ccccc6)c6cnc7ccccc7c65)c4c3)n2)cc1. The number of thiophene rings is 1. The lowest BCUT2D eigenvalue weighted by atomic mass is 9.94. The van der Waals surface area contributed by atoms with Crippen LogP contribution in [0.1, 0.15) is 0 Å². The summed E-state index contributed by atoms with van der Waals surface area (Å²) in [6.07, 6.45) is 2.04. The van der Waals surface area contributed by atoms with Gasteiger partial charge < -0.3 is 0 Å². The Kier molecular flexibility index (Phi) is 5.96. The molecule has 0 spiro atoms. The minimum atomic E-state index is 0.655. The molecule has 0 bridgehead atoms. The maximum Gasteiger partial charge on any atom is 0.164 e. The van der Waals surface area contributed by atoms with Crippen LogP contribution in [0.2, 0.25) is 0 Å². The molecule has 0 fully saturated rings. The molecule has 5 heteroatoms. The molecule has 0 saturated carbocycles. The Balaban J connectivity index is 1.33. The molecule has 9 aromatic rings. The van der Waals surface area contributed by atoms with Gasteiger partial charge in [-0.3, -0.25) is 4.98 Å². The van der Waals surface area contributed by atoms with Crippen LogP contribution in [0.4, 0.5) is 0 Å². The average Bonchev–Trinajstić information content (AvgIpc) is 3.50. The summed E-state index contributed by atoms with van der Waals surface area (Å²) in [7, 11) is 0. The van der Waals surface area contributed by atoms with E-state index in [1.54, 1.807) is 0 Å². The second kappa shape index (κ2) is 10.4. The fourth-order valence-corrected chi connectivity index (χ4v) is 7.43. The molecule has 3 heterocycles. The van der Waals surface area contributed by atoms with Gasteiger partial charge in [-0.15, -0.1) is 11.3 Å². The van der Waals surface area contributed by atoms with E-state index in [0.717, 1.165) is 27.6 Å². The van der Waals surface area contributed by atoms with E-state index < -0.39 is 0 Å². The molecule has 45 heavy (non-hydrogen) atoms. The first-order chi connectivity index (χ1) is 22.3. The van der Waals surface area contributed by atoms with Crippen molar-refractivity contribution in [2.24, 2.45) is 0 Å². The van der Waals surface area contributed by atoms with Crippen LogP contribution in [0.3, 0.4) is 0 Å². The minimum Gasteiger partial charge on any atom is -0.256 e. The molecule has 0 radical (unpaired) electrons. The van der Waals surface area contributed by atoms with E-state index in [0.29, 0.717) is 17.5 Å². The van der Waals surface area contributed by atoms with Gasteiger partial charge in [0.05, 0.1) is 5.52 Å². The number of pyridine rings is 1. The summed E-state index contributed by atoms with van der Waals surface area (Å²) < 4.78 is 2.49. The molecule has 9 rings (SSSR count). The maximum absolute atomic E-state index is 5.00. The van der Waals surface area contributed by atoms with E-state index in [9.17, 15) is 0 Å². The van der Waals surface area contributed by atoms with E-state index >= 15 is 0 Å². The number of fused-ring (bicyclic) bond motifs is 7. The largest absolute Gasteiger partial charge is 0.256 e. The van der Waals surface area contributed by atoms with Crippen LogP contribution in [0.15, 0.2) is 146 Å². The monoisotopic (exact) mass is 592 g/mol. The molecule has 6 aromatic carbocycles. The molecule has 0 amide bonds. The smallest absolute Gasteiger partial charge is 0.164 e. The quantitative estimate of drug-likeness (QED) is 0.191. The van der Waals surface area contributed by atoms with Crippen molar-refractivity contribution in [3.05, 3.63) is 146 Å². The van der Waals surface area contributed by atoms with E-state index in [1.165, 1.54) is 42.1 Å². The van der Waals surface area contributed by atoms with Gasteiger partial charge in [-0.25, -0.2) is 15.0 Å². The van der Waals surface area contributed by atoms with Crippen LogP contribution >= 0.6 is 11.3 Å². The zero-order valence-corrected chi connectivity index (χ0v) is 24.9. The summed E-state index contributed by atoms with van der Waals surface area (Å²) >= 11 is 1.83. The maximum atomic E-state index is 5.00. The lowest BCUT2D eigenvalue weighted by Crippen LogP contribution is -2.00. The van der Waals surface area contributed by atoms with Crippen LogP contribution in [0, 0.1) is 0 Å². The summed E-state index contributed by atoms with van der Waals surface area (Å²) in [5.41, 5.74) is 6.23. The van der Waals surface area contributed by atoms with Crippen LogP contribution in [-0.4, -0.2) is 19.9 Å². The molecule has 0 saturated heterocycles. The van der Waals surface area contributed by atoms with E-state index in [-0.39, 0.29) is 0 Å². The van der Waals surface area contributed by atoms with Crippen molar-refractivity contribution in [1.82, 2.24) is 19.9 Å². The van der Waals surface area contributed by atoms with Crippen molar-refractivity contribution in [3.63, 3.8) is 0 Å². The molecule has 0 aliphatic carbocycles. The van der Waals surface area contributed by atoms with Gasteiger partial charge in [0.15, 0.2) is 17.5 Å². The first-order valence-corrected chi connectivity index (χ1v) is 15.7.